The quantitative estimate of drug-likeness (QED) is 0.364. The molecule has 0 aromatic heterocycles. The van der Waals surface area contributed by atoms with Crippen LogP contribution in [0.3, 0.4) is 0 Å². The van der Waals surface area contributed by atoms with Crippen LogP contribution in [-0.2, 0) is 4.74 Å². The second-order valence-corrected chi connectivity index (χ2v) is 5.53. The Kier molecular flexibility index (Phi) is 4.51. The van der Waals surface area contributed by atoms with Crippen molar-refractivity contribution in [2.45, 2.75) is 4.51 Å². The molecule has 0 saturated carbocycles. The predicted molar refractivity (Wildman–Crippen MR) is 80.3 cm³/mol. The number of carbonyl (C=O) groups is 1. The van der Waals surface area contributed by atoms with Gasteiger partial charge in [-0.25, -0.2) is 0 Å². The van der Waals surface area contributed by atoms with Gasteiger partial charge in [-0.15, -0.1) is 0 Å². The monoisotopic (exact) mass is 318 g/mol. The lowest BCUT2D eigenvalue weighted by atomic mass is 10.00. The molecule has 0 amide bonds. The first-order chi connectivity index (χ1) is 9.13. The van der Waals surface area contributed by atoms with Gasteiger partial charge in [-0.2, -0.15) is 0 Å². The van der Waals surface area contributed by atoms with Crippen molar-refractivity contribution >= 4 is 21.7 Å². The molecular formula is C16H15BrO2. The molecule has 2 rings (SSSR count). The van der Waals surface area contributed by atoms with Crippen molar-refractivity contribution in [3.05, 3.63) is 72.4 Å². The van der Waals surface area contributed by atoms with Crippen LogP contribution in [0.5, 0.6) is 0 Å². The maximum Gasteiger partial charge on any atom is 0.185 e. The zero-order chi connectivity index (χ0) is 13.7. The minimum absolute atomic E-state index is 0.0184. The first-order valence-electron chi connectivity index (χ1n) is 6.03. The number of ketones is 1. The van der Waals surface area contributed by atoms with Crippen LogP contribution in [0.1, 0.15) is 10.4 Å². The van der Waals surface area contributed by atoms with Gasteiger partial charge in [0.1, 0.15) is 0 Å². The van der Waals surface area contributed by atoms with Crippen molar-refractivity contribution in [2.75, 3.05) is 7.11 Å². The Hall–Kier alpha value is -1.45. The lowest BCUT2D eigenvalue weighted by Gasteiger charge is -2.22. The van der Waals surface area contributed by atoms with E-state index in [1.54, 1.807) is 13.2 Å². The van der Waals surface area contributed by atoms with Crippen LogP contribution in [-0.4, -0.2) is 17.4 Å². The van der Waals surface area contributed by atoms with Gasteiger partial charge in [0.05, 0.1) is 0 Å². The summed E-state index contributed by atoms with van der Waals surface area (Å²) in [7, 11) is 1.64. The average Bonchev–Trinajstić information content (AvgIpc) is 2.47. The summed E-state index contributed by atoms with van der Waals surface area (Å²) in [4.78, 5) is 11.9. The molecule has 0 bridgehead atoms. The molecule has 3 heteroatoms. The highest BCUT2D eigenvalue weighted by atomic mass is 79.9. The van der Waals surface area contributed by atoms with Crippen LogP contribution in [0.25, 0.3) is 0 Å². The molecular weight excluding hydrogens is 304 g/mol. The Balaban J connectivity index is 2.00. The minimum Gasteiger partial charge on any atom is -0.360 e. The molecule has 0 unspecified atom stereocenters. The first kappa shape index (κ1) is 14.0. The van der Waals surface area contributed by atoms with Gasteiger partial charge in [-0.1, -0.05) is 48.6 Å². The van der Waals surface area contributed by atoms with Crippen molar-refractivity contribution < 1.29 is 9.53 Å². The number of alkyl halides is 1. The predicted octanol–water partition coefficient (Wildman–Crippen LogP) is 3.91. The molecule has 2 nitrogen and oxygen atoms in total. The molecule has 1 aromatic rings. The number of hydrogen-bond acceptors (Lipinski definition) is 2. The molecule has 0 aliphatic heterocycles. The van der Waals surface area contributed by atoms with Crippen molar-refractivity contribution in [2.24, 2.45) is 5.92 Å². The Morgan fingerprint density at radius 2 is 1.89 bits per heavy atom. The van der Waals surface area contributed by atoms with Crippen molar-refractivity contribution in [1.29, 1.82) is 0 Å². The average molecular weight is 319 g/mol. The van der Waals surface area contributed by atoms with Gasteiger partial charge in [0.25, 0.3) is 0 Å². The molecule has 19 heavy (non-hydrogen) atoms. The highest BCUT2D eigenvalue weighted by molar-refractivity contribution is 9.10. The molecule has 98 valence electrons. The van der Waals surface area contributed by atoms with Gasteiger partial charge >= 0.3 is 0 Å². The van der Waals surface area contributed by atoms with E-state index in [1.807, 2.05) is 60.7 Å². The summed E-state index contributed by atoms with van der Waals surface area (Å²) < 4.78 is 4.76. The summed E-state index contributed by atoms with van der Waals surface area (Å²) in [5, 5.41) is 0. The highest BCUT2D eigenvalue weighted by Gasteiger charge is 2.21. The van der Waals surface area contributed by atoms with Gasteiger partial charge in [-0.3, -0.25) is 4.79 Å². The van der Waals surface area contributed by atoms with E-state index in [0.29, 0.717) is 5.56 Å². The summed E-state index contributed by atoms with van der Waals surface area (Å²) in [5.74, 6) is 0.137. The highest BCUT2D eigenvalue weighted by Crippen LogP contribution is 2.28. The fourth-order valence-corrected chi connectivity index (χ4v) is 2.07. The Morgan fingerprint density at radius 3 is 2.47 bits per heavy atom. The molecule has 1 aliphatic rings. The van der Waals surface area contributed by atoms with Crippen molar-refractivity contribution in [1.82, 2.24) is 0 Å². The molecule has 0 radical (unpaired) electrons. The smallest absolute Gasteiger partial charge is 0.185 e. The fourth-order valence-electron chi connectivity index (χ4n) is 1.77. The standard InChI is InChI=1S/C16H15BrO2/c1-19-16(17)11-9-13(10-12-16)7-8-15(18)14-5-3-2-4-6-14/h2-13H,1H3/b8-7+. The summed E-state index contributed by atoms with van der Waals surface area (Å²) >= 11 is 3.45. The molecule has 0 saturated heterocycles. The third kappa shape index (κ3) is 3.75. The van der Waals surface area contributed by atoms with Crippen molar-refractivity contribution in [3.63, 3.8) is 0 Å². The van der Waals surface area contributed by atoms with Crippen molar-refractivity contribution in [3.8, 4) is 0 Å². The Morgan fingerprint density at radius 1 is 1.26 bits per heavy atom. The minimum atomic E-state index is -0.513. The molecule has 0 spiro atoms. The van der Waals surface area contributed by atoms with E-state index in [-0.39, 0.29) is 11.7 Å². The van der Waals surface area contributed by atoms with Crippen LogP contribution in [0.2, 0.25) is 0 Å². The third-order valence-corrected chi connectivity index (χ3v) is 3.78. The summed E-state index contributed by atoms with van der Waals surface area (Å²) in [5.41, 5.74) is 0.703. The second kappa shape index (κ2) is 6.13. The van der Waals surface area contributed by atoms with Gasteiger partial charge < -0.3 is 4.74 Å². The number of carbonyl (C=O) groups excluding carboxylic acids is 1. The zero-order valence-corrected chi connectivity index (χ0v) is 12.2. The summed E-state index contributed by atoms with van der Waals surface area (Å²) in [6.45, 7) is 0. The van der Waals surface area contributed by atoms with Crippen LogP contribution in [0, 0.1) is 5.92 Å². The summed E-state index contributed by atoms with van der Waals surface area (Å²) in [6.07, 6.45) is 11.3. The van der Waals surface area contributed by atoms with E-state index in [2.05, 4.69) is 15.9 Å². The maximum atomic E-state index is 11.9. The molecule has 0 atom stereocenters. The number of hydrogen-bond donors (Lipinski definition) is 0. The fraction of sp³-hybridized carbons (Fsp3) is 0.188. The van der Waals surface area contributed by atoms with Gasteiger partial charge in [0.2, 0.25) is 0 Å². The van der Waals surface area contributed by atoms with E-state index >= 15 is 0 Å². The zero-order valence-electron chi connectivity index (χ0n) is 10.6. The largest absolute Gasteiger partial charge is 0.360 e. The molecule has 0 N–H and O–H groups in total. The second-order valence-electron chi connectivity index (χ2n) is 4.29. The van der Waals surface area contributed by atoms with Gasteiger partial charge in [0, 0.05) is 18.6 Å². The van der Waals surface area contributed by atoms with E-state index in [0.717, 1.165) is 0 Å². The van der Waals surface area contributed by atoms with Crippen LogP contribution in [0.15, 0.2) is 66.8 Å². The maximum absolute atomic E-state index is 11.9. The topological polar surface area (TPSA) is 26.3 Å². The lowest BCUT2D eigenvalue weighted by molar-refractivity contribution is 0.104. The number of benzene rings is 1. The molecule has 0 fully saturated rings. The Labute approximate surface area is 121 Å². The number of methoxy groups -OCH3 is 1. The lowest BCUT2D eigenvalue weighted by Crippen LogP contribution is -2.19. The molecule has 1 aliphatic carbocycles. The first-order valence-corrected chi connectivity index (χ1v) is 6.83. The van der Waals surface area contributed by atoms with Crippen LogP contribution in [0.4, 0.5) is 0 Å². The van der Waals surface area contributed by atoms with Gasteiger partial charge in [0.15, 0.2) is 10.3 Å². The van der Waals surface area contributed by atoms with Gasteiger partial charge in [-0.05, 0) is 34.2 Å². The molecule has 1 aromatic carbocycles. The van der Waals surface area contributed by atoms with Crippen LogP contribution < -0.4 is 0 Å². The van der Waals surface area contributed by atoms with Crippen LogP contribution >= 0.6 is 15.9 Å². The molecule has 0 heterocycles. The summed E-state index contributed by atoms with van der Waals surface area (Å²) in [6, 6.07) is 9.24. The number of ether oxygens (including phenoxy) is 1. The van der Waals surface area contributed by atoms with E-state index in [9.17, 15) is 4.79 Å². The number of allylic oxidation sites excluding steroid dienone is 4. The third-order valence-electron chi connectivity index (χ3n) is 2.93. The number of rotatable bonds is 4. The number of halogens is 1. The van der Waals surface area contributed by atoms with E-state index in [4.69, 9.17) is 4.74 Å². The normalized spacial score (nSPS) is 25.9. The SMILES string of the molecule is COC1(Br)C=CC(/C=C/C(=O)c2ccccc2)C=C1. The Bertz CT molecular complexity index is 515. The van der Waals surface area contributed by atoms with E-state index in [1.165, 1.54) is 0 Å². The van der Waals surface area contributed by atoms with E-state index < -0.39 is 4.51 Å².